The van der Waals surface area contributed by atoms with E-state index in [-0.39, 0.29) is 6.03 Å². The second-order valence-electron chi connectivity index (χ2n) is 4.26. The zero-order chi connectivity index (χ0) is 13.5. The van der Waals surface area contributed by atoms with E-state index in [4.69, 9.17) is 0 Å². The van der Waals surface area contributed by atoms with Gasteiger partial charge in [0.15, 0.2) is 0 Å². The third-order valence-electron chi connectivity index (χ3n) is 2.59. The van der Waals surface area contributed by atoms with Crippen molar-refractivity contribution in [3.63, 3.8) is 0 Å². The molecule has 2 N–H and O–H groups in total. The summed E-state index contributed by atoms with van der Waals surface area (Å²) in [6.45, 7) is 3.39. The number of anilines is 1. The number of hydrogen-bond acceptors (Lipinski definition) is 3. The van der Waals surface area contributed by atoms with E-state index < -0.39 is 0 Å². The molecule has 0 saturated heterocycles. The molecule has 2 aromatic heterocycles. The molecule has 0 spiro atoms. The molecule has 2 aromatic rings. The lowest BCUT2D eigenvalue weighted by molar-refractivity contribution is 0.251. The summed E-state index contributed by atoms with van der Waals surface area (Å²) in [6, 6.07) is 3.45. The lowest BCUT2D eigenvalue weighted by Gasteiger charge is -2.07. The number of nitrogens with zero attached hydrogens (tertiary/aromatic N) is 3. The first-order valence-electron chi connectivity index (χ1n) is 6.17. The second kappa shape index (κ2) is 6.53. The van der Waals surface area contributed by atoms with Gasteiger partial charge in [-0.25, -0.2) is 14.8 Å². The summed E-state index contributed by atoms with van der Waals surface area (Å²) in [4.78, 5) is 19.6. The van der Waals surface area contributed by atoms with Gasteiger partial charge < -0.3 is 9.88 Å². The van der Waals surface area contributed by atoms with Gasteiger partial charge >= 0.3 is 6.03 Å². The average Bonchev–Trinajstić information content (AvgIpc) is 2.91. The summed E-state index contributed by atoms with van der Waals surface area (Å²) in [5.41, 5.74) is 1.06. The van der Waals surface area contributed by atoms with Crippen molar-refractivity contribution in [2.45, 2.75) is 19.9 Å². The van der Waals surface area contributed by atoms with Crippen molar-refractivity contribution < 1.29 is 4.79 Å². The zero-order valence-electron chi connectivity index (χ0n) is 10.8. The zero-order valence-corrected chi connectivity index (χ0v) is 10.8. The van der Waals surface area contributed by atoms with Gasteiger partial charge in [0.05, 0.1) is 6.33 Å². The fourth-order valence-electron chi connectivity index (χ4n) is 1.58. The molecule has 6 nitrogen and oxygen atoms in total. The Labute approximate surface area is 111 Å². The normalized spacial score (nSPS) is 10.2. The largest absolute Gasteiger partial charge is 0.338 e. The van der Waals surface area contributed by atoms with Crippen LogP contribution in [0.15, 0.2) is 37.1 Å². The Hall–Kier alpha value is -2.37. The number of amides is 2. The minimum Gasteiger partial charge on any atom is -0.338 e. The summed E-state index contributed by atoms with van der Waals surface area (Å²) in [7, 11) is 0. The molecule has 2 heterocycles. The van der Waals surface area contributed by atoms with Gasteiger partial charge in [-0.15, -0.1) is 0 Å². The van der Waals surface area contributed by atoms with E-state index in [2.05, 4.69) is 20.6 Å². The molecule has 0 atom stereocenters. The Morgan fingerprint density at radius 1 is 1.42 bits per heavy atom. The van der Waals surface area contributed by atoms with Crippen LogP contribution >= 0.6 is 0 Å². The lowest BCUT2D eigenvalue weighted by Crippen LogP contribution is -2.30. The van der Waals surface area contributed by atoms with E-state index in [9.17, 15) is 4.79 Å². The minimum absolute atomic E-state index is 0.234. The van der Waals surface area contributed by atoms with Crippen LogP contribution in [0, 0.1) is 6.92 Å². The molecular formula is C13H17N5O. The number of carbonyl (C=O) groups excluding carboxylic acids is 1. The Morgan fingerprint density at radius 3 is 3.00 bits per heavy atom. The number of rotatable bonds is 5. The third-order valence-corrected chi connectivity index (χ3v) is 2.59. The quantitative estimate of drug-likeness (QED) is 0.804. The van der Waals surface area contributed by atoms with Crippen molar-refractivity contribution in [3.05, 3.63) is 42.6 Å². The molecule has 0 fully saturated rings. The summed E-state index contributed by atoms with van der Waals surface area (Å²) in [6.07, 6.45) is 7.97. The van der Waals surface area contributed by atoms with Gasteiger partial charge in [0, 0.05) is 31.7 Å². The van der Waals surface area contributed by atoms with Crippen LogP contribution < -0.4 is 10.6 Å². The van der Waals surface area contributed by atoms with Gasteiger partial charge in [-0.2, -0.15) is 0 Å². The van der Waals surface area contributed by atoms with Crippen molar-refractivity contribution in [2.24, 2.45) is 0 Å². The molecule has 0 bridgehead atoms. The van der Waals surface area contributed by atoms with Gasteiger partial charge in [-0.1, -0.05) is 6.07 Å². The van der Waals surface area contributed by atoms with Gasteiger partial charge in [0.25, 0.3) is 0 Å². The van der Waals surface area contributed by atoms with Crippen LogP contribution in [0.2, 0.25) is 0 Å². The molecule has 0 aliphatic carbocycles. The number of hydrogen-bond donors (Lipinski definition) is 2. The second-order valence-corrected chi connectivity index (χ2v) is 4.26. The summed E-state index contributed by atoms with van der Waals surface area (Å²) in [5, 5.41) is 5.47. The van der Waals surface area contributed by atoms with Crippen molar-refractivity contribution in [1.82, 2.24) is 19.9 Å². The van der Waals surface area contributed by atoms with E-state index in [1.165, 1.54) is 0 Å². The number of nitrogens with one attached hydrogen (secondary N) is 2. The first-order valence-corrected chi connectivity index (χ1v) is 6.17. The predicted molar refractivity (Wildman–Crippen MR) is 72.8 cm³/mol. The van der Waals surface area contributed by atoms with E-state index in [1.54, 1.807) is 24.8 Å². The molecule has 0 radical (unpaired) electrons. The molecule has 19 heavy (non-hydrogen) atoms. The van der Waals surface area contributed by atoms with E-state index in [0.29, 0.717) is 12.4 Å². The molecule has 100 valence electrons. The third kappa shape index (κ3) is 4.42. The van der Waals surface area contributed by atoms with Gasteiger partial charge in [0.1, 0.15) is 5.82 Å². The SMILES string of the molecule is Cc1ccc(NC(=O)NCCCn2ccnc2)nc1. The van der Waals surface area contributed by atoms with E-state index >= 15 is 0 Å². The maximum Gasteiger partial charge on any atom is 0.320 e. The summed E-state index contributed by atoms with van der Waals surface area (Å²) >= 11 is 0. The maximum atomic E-state index is 11.6. The van der Waals surface area contributed by atoms with Gasteiger partial charge in [0.2, 0.25) is 0 Å². The molecule has 2 amide bonds. The van der Waals surface area contributed by atoms with Crippen LogP contribution in [0.1, 0.15) is 12.0 Å². The molecule has 0 aliphatic heterocycles. The van der Waals surface area contributed by atoms with E-state index in [0.717, 1.165) is 18.5 Å². The Balaban J connectivity index is 1.65. The fraction of sp³-hybridized carbons (Fsp3) is 0.308. The summed E-state index contributed by atoms with van der Waals surface area (Å²) in [5.74, 6) is 0.553. The topological polar surface area (TPSA) is 71.8 Å². The van der Waals surface area contributed by atoms with Crippen LogP contribution in [0.25, 0.3) is 0 Å². The Kier molecular flexibility index (Phi) is 4.49. The van der Waals surface area contributed by atoms with Crippen molar-refractivity contribution in [1.29, 1.82) is 0 Å². The highest BCUT2D eigenvalue weighted by molar-refractivity contribution is 5.88. The van der Waals surface area contributed by atoms with Gasteiger partial charge in [-0.3, -0.25) is 5.32 Å². The molecule has 2 rings (SSSR count). The molecular weight excluding hydrogens is 242 g/mol. The number of pyridine rings is 1. The van der Waals surface area contributed by atoms with Gasteiger partial charge in [-0.05, 0) is 25.0 Å². The highest BCUT2D eigenvalue weighted by atomic mass is 16.2. The highest BCUT2D eigenvalue weighted by Gasteiger charge is 2.01. The average molecular weight is 259 g/mol. The predicted octanol–water partition coefficient (Wildman–Crippen LogP) is 1.80. The number of aryl methyl sites for hydroxylation is 2. The smallest absolute Gasteiger partial charge is 0.320 e. The number of aromatic nitrogens is 3. The fourth-order valence-corrected chi connectivity index (χ4v) is 1.58. The van der Waals surface area contributed by atoms with Crippen LogP contribution in [0.5, 0.6) is 0 Å². The molecule has 0 aliphatic rings. The number of urea groups is 1. The summed E-state index contributed by atoms with van der Waals surface area (Å²) < 4.78 is 1.97. The van der Waals surface area contributed by atoms with Crippen molar-refractivity contribution >= 4 is 11.8 Å². The maximum absolute atomic E-state index is 11.6. The van der Waals surface area contributed by atoms with E-state index in [1.807, 2.05) is 23.8 Å². The number of carbonyl (C=O) groups is 1. The molecule has 6 heteroatoms. The molecule has 0 saturated carbocycles. The standard InChI is InChI=1S/C13H17N5O/c1-11-3-4-12(16-9-11)17-13(19)15-5-2-7-18-8-6-14-10-18/h3-4,6,8-10H,2,5,7H2,1H3,(H2,15,16,17,19). The Bertz CT molecular complexity index is 506. The first kappa shape index (κ1) is 13.1. The Morgan fingerprint density at radius 2 is 2.32 bits per heavy atom. The van der Waals surface area contributed by atoms with Crippen LogP contribution in [0.3, 0.4) is 0 Å². The molecule has 0 aromatic carbocycles. The number of imidazole rings is 1. The lowest BCUT2D eigenvalue weighted by atomic mass is 10.3. The minimum atomic E-state index is -0.234. The monoisotopic (exact) mass is 259 g/mol. The van der Waals surface area contributed by atoms with Crippen LogP contribution in [-0.4, -0.2) is 27.1 Å². The van der Waals surface area contributed by atoms with Crippen LogP contribution in [0.4, 0.5) is 10.6 Å². The first-order chi connectivity index (χ1) is 9.24. The van der Waals surface area contributed by atoms with Crippen LogP contribution in [-0.2, 0) is 6.54 Å². The van der Waals surface area contributed by atoms with Crippen molar-refractivity contribution in [2.75, 3.05) is 11.9 Å². The highest BCUT2D eigenvalue weighted by Crippen LogP contribution is 2.03. The molecule has 0 unspecified atom stereocenters. The van der Waals surface area contributed by atoms with Crippen molar-refractivity contribution in [3.8, 4) is 0 Å².